The molecule has 2 atom stereocenters. The second-order valence-corrected chi connectivity index (χ2v) is 5.56. The Kier molecular flexibility index (Phi) is 4.03. The average molecular weight is 250 g/mol. The number of nitrogens with zero attached hydrogens (tertiary/aromatic N) is 1. The number of hydrogen-bond donors (Lipinski definition) is 1. The molecule has 3 heteroatoms. The lowest BCUT2D eigenvalue weighted by atomic mass is 9.90. The number of halogens is 1. The molecule has 1 aromatic rings. The summed E-state index contributed by atoms with van der Waals surface area (Å²) in [5.41, 5.74) is 8.16. The summed E-state index contributed by atoms with van der Waals surface area (Å²) >= 11 is 0. The lowest BCUT2D eigenvalue weighted by Crippen LogP contribution is -2.33. The van der Waals surface area contributed by atoms with Gasteiger partial charge >= 0.3 is 0 Å². The Hall–Kier alpha value is -0.930. The van der Waals surface area contributed by atoms with E-state index in [0.29, 0.717) is 18.5 Å². The van der Waals surface area contributed by atoms with Gasteiger partial charge in [0.2, 0.25) is 0 Å². The number of nitrogens with two attached hydrogens (primary N) is 1. The molecule has 0 bridgehead atoms. The molecule has 2 rings (SSSR count). The number of aryl methyl sites for hydroxylation is 1. The Morgan fingerprint density at radius 1 is 1.44 bits per heavy atom. The molecule has 18 heavy (non-hydrogen) atoms. The van der Waals surface area contributed by atoms with Crippen molar-refractivity contribution in [1.29, 1.82) is 0 Å². The van der Waals surface area contributed by atoms with Crippen molar-refractivity contribution >= 4 is 0 Å². The van der Waals surface area contributed by atoms with Crippen LogP contribution in [0.5, 0.6) is 0 Å². The highest BCUT2D eigenvalue weighted by Crippen LogP contribution is 2.39. The summed E-state index contributed by atoms with van der Waals surface area (Å²) < 4.78 is 13.5. The molecule has 0 saturated carbocycles. The third-order valence-corrected chi connectivity index (χ3v) is 4.09. The van der Waals surface area contributed by atoms with Crippen LogP contribution in [0.2, 0.25) is 0 Å². The molecule has 1 aromatic carbocycles. The fraction of sp³-hybridized carbons (Fsp3) is 0.600. The van der Waals surface area contributed by atoms with Crippen molar-refractivity contribution in [1.82, 2.24) is 4.90 Å². The summed E-state index contributed by atoms with van der Waals surface area (Å²) in [4.78, 5) is 2.44. The van der Waals surface area contributed by atoms with Crippen LogP contribution in [-0.4, -0.2) is 24.0 Å². The maximum absolute atomic E-state index is 13.5. The maximum atomic E-state index is 13.5. The summed E-state index contributed by atoms with van der Waals surface area (Å²) in [5, 5.41) is 0. The molecule has 0 aliphatic carbocycles. The summed E-state index contributed by atoms with van der Waals surface area (Å²) in [5.74, 6) is 0.287. The van der Waals surface area contributed by atoms with Crippen molar-refractivity contribution in [2.75, 3.05) is 13.1 Å². The minimum Gasteiger partial charge on any atom is -0.330 e. The van der Waals surface area contributed by atoms with Crippen molar-refractivity contribution in [3.8, 4) is 0 Å². The van der Waals surface area contributed by atoms with Crippen LogP contribution in [0.4, 0.5) is 4.39 Å². The molecule has 1 saturated heterocycles. The van der Waals surface area contributed by atoms with Crippen molar-refractivity contribution in [3.63, 3.8) is 0 Å². The maximum Gasteiger partial charge on any atom is 0.123 e. The van der Waals surface area contributed by atoms with Crippen LogP contribution in [0.15, 0.2) is 18.2 Å². The SMILES string of the molecule is Cc1ccc(F)cc1C1C(CN)CCN1C(C)C. The van der Waals surface area contributed by atoms with E-state index in [9.17, 15) is 4.39 Å². The molecular formula is C15H23FN2. The lowest BCUT2D eigenvalue weighted by Gasteiger charge is -2.32. The van der Waals surface area contributed by atoms with E-state index in [1.165, 1.54) is 6.07 Å². The molecule has 0 amide bonds. The largest absolute Gasteiger partial charge is 0.330 e. The van der Waals surface area contributed by atoms with E-state index >= 15 is 0 Å². The van der Waals surface area contributed by atoms with Crippen LogP contribution in [0.1, 0.15) is 37.4 Å². The van der Waals surface area contributed by atoms with E-state index in [-0.39, 0.29) is 11.9 Å². The number of benzene rings is 1. The fourth-order valence-corrected chi connectivity index (χ4v) is 3.07. The predicted octanol–water partition coefficient (Wildman–Crippen LogP) is 2.86. The molecule has 2 nitrogen and oxygen atoms in total. The molecule has 2 N–H and O–H groups in total. The van der Waals surface area contributed by atoms with Gasteiger partial charge in [0.1, 0.15) is 5.82 Å². The van der Waals surface area contributed by atoms with Gasteiger partial charge in [-0.2, -0.15) is 0 Å². The van der Waals surface area contributed by atoms with Crippen molar-refractivity contribution in [2.45, 2.75) is 39.3 Å². The standard InChI is InChI=1S/C15H23FN2/c1-10(2)18-7-6-12(9-17)15(18)14-8-13(16)5-4-11(14)3/h4-5,8,10,12,15H,6-7,9,17H2,1-3H3. The molecule has 2 unspecified atom stereocenters. The number of likely N-dealkylation sites (tertiary alicyclic amines) is 1. The number of hydrogen-bond acceptors (Lipinski definition) is 2. The zero-order valence-electron chi connectivity index (χ0n) is 11.5. The molecule has 1 heterocycles. The van der Waals surface area contributed by atoms with Crippen LogP contribution >= 0.6 is 0 Å². The lowest BCUT2D eigenvalue weighted by molar-refractivity contribution is 0.184. The van der Waals surface area contributed by atoms with Gasteiger partial charge in [-0.3, -0.25) is 4.90 Å². The molecule has 0 aromatic heterocycles. The zero-order valence-corrected chi connectivity index (χ0v) is 11.5. The minimum absolute atomic E-state index is 0.151. The second kappa shape index (κ2) is 5.37. The first-order valence-electron chi connectivity index (χ1n) is 6.76. The number of rotatable bonds is 3. The van der Waals surface area contributed by atoms with Gasteiger partial charge in [0, 0.05) is 12.1 Å². The Bertz CT molecular complexity index is 417. The van der Waals surface area contributed by atoms with Gasteiger partial charge in [0.05, 0.1) is 0 Å². The van der Waals surface area contributed by atoms with E-state index in [1.807, 2.05) is 6.07 Å². The molecule has 1 aliphatic heterocycles. The van der Waals surface area contributed by atoms with Crippen LogP contribution in [0.25, 0.3) is 0 Å². The Labute approximate surface area is 109 Å². The average Bonchev–Trinajstić information content (AvgIpc) is 2.75. The van der Waals surface area contributed by atoms with Crippen molar-refractivity contribution in [3.05, 3.63) is 35.1 Å². The van der Waals surface area contributed by atoms with E-state index in [0.717, 1.165) is 24.1 Å². The molecule has 100 valence electrons. The van der Waals surface area contributed by atoms with E-state index in [1.54, 1.807) is 6.07 Å². The second-order valence-electron chi connectivity index (χ2n) is 5.56. The topological polar surface area (TPSA) is 29.3 Å². The van der Waals surface area contributed by atoms with Crippen LogP contribution in [-0.2, 0) is 0 Å². The molecule has 1 aliphatic rings. The summed E-state index contributed by atoms with van der Waals surface area (Å²) in [7, 11) is 0. The quantitative estimate of drug-likeness (QED) is 0.893. The van der Waals surface area contributed by atoms with Gasteiger partial charge in [0.15, 0.2) is 0 Å². The molecular weight excluding hydrogens is 227 g/mol. The summed E-state index contributed by atoms with van der Waals surface area (Å²) in [6.07, 6.45) is 1.11. The predicted molar refractivity (Wildman–Crippen MR) is 72.9 cm³/mol. The molecule has 1 fully saturated rings. The van der Waals surface area contributed by atoms with Crippen LogP contribution in [0.3, 0.4) is 0 Å². The zero-order chi connectivity index (χ0) is 13.3. The van der Waals surface area contributed by atoms with Gasteiger partial charge < -0.3 is 5.73 Å². The normalized spacial score (nSPS) is 25.0. The molecule has 0 spiro atoms. The summed E-state index contributed by atoms with van der Waals surface area (Å²) in [6, 6.07) is 5.82. The first-order chi connectivity index (χ1) is 8.54. The van der Waals surface area contributed by atoms with Gasteiger partial charge in [-0.15, -0.1) is 0 Å². The monoisotopic (exact) mass is 250 g/mol. The first-order valence-corrected chi connectivity index (χ1v) is 6.76. The highest BCUT2D eigenvalue weighted by atomic mass is 19.1. The van der Waals surface area contributed by atoms with Crippen molar-refractivity contribution in [2.24, 2.45) is 11.7 Å². The minimum atomic E-state index is -0.151. The van der Waals surface area contributed by atoms with Gasteiger partial charge in [-0.05, 0) is 69.5 Å². The van der Waals surface area contributed by atoms with Gasteiger partial charge in [-0.25, -0.2) is 4.39 Å². The van der Waals surface area contributed by atoms with E-state index < -0.39 is 0 Å². The van der Waals surface area contributed by atoms with Gasteiger partial charge in [-0.1, -0.05) is 6.07 Å². The Balaban J connectivity index is 2.40. The van der Waals surface area contributed by atoms with Gasteiger partial charge in [0.25, 0.3) is 0 Å². The van der Waals surface area contributed by atoms with Crippen molar-refractivity contribution < 1.29 is 4.39 Å². The molecule has 0 radical (unpaired) electrons. The fourth-order valence-electron chi connectivity index (χ4n) is 3.07. The van der Waals surface area contributed by atoms with E-state index in [4.69, 9.17) is 5.73 Å². The van der Waals surface area contributed by atoms with E-state index in [2.05, 4.69) is 25.7 Å². The summed E-state index contributed by atoms with van der Waals surface area (Å²) in [6.45, 7) is 8.17. The van der Waals surface area contributed by atoms with Crippen LogP contribution in [0, 0.1) is 18.7 Å². The third-order valence-electron chi connectivity index (χ3n) is 4.09. The Morgan fingerprint density at radius 2 is 2.17 bits per heavy atom. The van der Waals surface area contributed by atoms with Crippen LogP contribution < -0.4 is 5.73 Å². The highest BCUT2D eigenvalue weighted by Gasteiger charge is 2.36. The smallest absolute Gasteiger partial charge is 0.123 e. The Morgan fingerprint density at radius 3 is 2.78 bits per heavy atom. The highest BCUT2D eigenvalue weighted by molar-refractivity contribution is 5.31. The third kappa shape index (κ3) is 2.43. The first kappa shape index (κ1) is 13.5.